The van der Waals surface area contributed by atoms with Crippen LogP contribution in [0.4, 0.5) is 0 Å². The van der Waals surface area contributed by atoms with Gasteiger partial charge in [0.15, 0.2) is 0 Å². The highest BCUT2D eigenvalue weighted by Gasteiger charge is 2.36. The maximum atomic E-state index is 5.53. The van der Waals surface area contributed by atoms with Crippen molar-refractivity contribution < 1.29 is 9.47 Å². The summed E-state index contributed by atoms with van der Waals surface area (Å²) in [5.41, 5.74) is 1.22. The van der Waals surface area contributed by atoms with Gasteiger partial charge in [-0.1, -0.05) is 12.2 Å². The fourth-order valence-corrected chi connectivity index (χ4v) is 4.81. The van der Waals surface area contributed by atoms with E-state index < -0.39 is 0 Å². The number of rotatable bonds is 6. The maximum absolute atomic E-state index is 5.53. The highest BCUT2D eigenvalue weighted by Crippen LogP contribution is 2.43. The molecule has 2 aliphatic carbocycles. The summed E-state index contributed by atoms with van der Waals surface area (Å²) in [6, 6.07) is 6.07. The standard InChI is InChI=1S/C21H30N2O2/c1-24-20-5-6-21(25-2)19(13-20)15-23-9-7-22(8-10-23)14-18-12-16-3-4-17(18)11-16/h3-6,13,16-18H,7-12,14-15H2,1-2H3/t16-,17-,18-/m1/s1. The molecule has 4 rings (SSSR count). The van der Waals surface area contributed by atoms with Gasteiger partial charge in [0.25, 0.3) is 0 Å². The van der Waals surface area contributed by atoms with Crippen molar-refractivity contribution in [3.63, 3.8) is 0 Å². The molecule has 0 amide bonds. The van der Waals surface area contributed by atoms with Crippen molar-refractivity contribution in [1.29, 1.82) is 0 Å². The van der Waals surface area contributed by atoms with Crippen molar-refractivity contribution in [2.45, 2.75) is 19.4 Å². The van der Waals surface area contributed by atoms with E-state index in [4.69, 9.17) is 9.47 Å². The first-order chi connectivity index (χ1) is 12.2. The predicted molar refractivity (Wildman–Crippen MR) is 100 cm³/mol. The highest BCUT2D eigenvalue weighted by molar-refractivity contribution is 5.40. The van der Waals surface area contributed by atoms with Crippen molar-refractivity contribution in [2.75, 3.05) is 46.9 Å². The molecule has 0 radical (unpaired) electrons. The van der Waals surface area contributed by atoms with Gasteiger partial charge >= 0.3 is 0 Å². The zero-order valence-corrected chi connectivity index (χ0v) is 15.5. The molecule has 0 unspecified atom stereocenters. The van der Waals surface area contributed by atoms with E-state index in [0.29, 0.717) is 0 Å². The van der Waals surface area contributed by atoms with Crippen LogP contribution >= 0.6 is 0 Å². The number of nitrogens with zero attached hydrogens (tertiary/aromatic N) is 2. The van der Waals surface area contributed by atoms with Crippen LogP contribution in [0.5, 0.6) is 11.5 Å². The molecule has 2 fully saturated rings. The lowest BCUT2D eigenvalue weighted by Gasteiger charge is -2.37. The molecule has 1 aliphatic heterocycles. The smallest absolute Gasteiger partial charge is 0.123 e. The molecular weight excluding hydrogens is 312 g/mol. The molecule has 1 saturated heterocycles. The van der Waals surface area contributed by atoms with Gasteiger partial charge in [0, 0.05) is 44.8 Å². The van der Waals surface area contributed by atoms with Crippen LogP contribution < -0.4 is 9.47 Å². The fraction of sp³-hybridized carbons (Fsp3) is 0.619. The van der Waals surface area contributed by atoms with Crippen molar-refractivity contribution in [2.24, 2.45) is 17.8 Å². The molecule has 25 heavy (non-hydrogen) atoms. The Morgan fingerprint density at radius 1 is 0.960 bits per heavy atom. The van der Waals surface area contributed by atoms with Gasteiger partial charge in [-0.05, 0) is 48.8 Å². The first-order valence-corrected chi connectivity index (χ1v) is 9.59. The summed E-state index contributed by atoms with van der Waals surface area (Å²) in [6.45, 7) is 6.87. The molecule has 1 saturated carbocycles. The average molecular weight is 342 g/mol. The van der Waals surface area contributed by atoms with Gasteiger partial charge in [-0.2, -0.15) is 0 Å². The molecule has 136 valence electrons. The van der Waals surface area contributed by atoms with Crippen LogP contribution in [0.2, 0.25) is 0 Å². The van der Waals surface area contributed by atoms with Crippen LogP contribution in [0, 0.1) is 17.8 Å². The van der Waals surface area contributed by atoms with Gasteiger partial charge in [0.2, 0.25) is 0 Å². The second-order valence-electron chi connectivity index (χ2n) is 7.79. The van der Waals surface area contributed by atoms with Gasteiger partial charge in [-0.15, -0.1) is 0 Å². The number of fused-ring (bicyclic) bond motifs is 2. The molecule has 0 aromatic heterocycles. The molecule has 4 heteroatoms. The lowest BCUT2D eigenvalue weighted by Crippen LogP contribution is -2.47. The molecule has 0 N–H and O–H groups in total. The van der Waals surface area contributed by atoms with Crippen LogP contribution in [0.25, 0.3) is 0 Å². The van der Waals surface area contributed by atoms with E-state index in [9.17, 15) is 0 Å². The quantitative estimate of drug-likeness (QED) is 0.742. The Morgan fingerprint density at radius 2 is 1.76 bits per heavy atom. The third kappa shape index (κ3) is 3.70. The van der Waals surface area contributed by atoms with Crippen molar-refractivity contribution in [3.8, 4) is 11.5 Å². The highest BCUT2D eigenvalue weighted by atomic mass is 16.5. The Morgan fingerprint density at radius 3 is 2.40 bits per heavy atom. The van der Waals surface area contributed by atoms with E-state index in [1.807, 2.05) is 12.1 Å². The second-order valence-corrected chi connectivity index (χ2v) is 7.79. The third-order valence-corrected chi connectivity index (χ3v) is 6.26. The van der Waals surface area contributed by atoms with Gasteiger partial charge in [-0.25, -0.2) is 0 Å². The number of ether oxygens (including phenoxy) is 2. The molecule has 1 aromatic rings. The number of piperazine rings is 1. The Bertz CT molecular complexity index is 622. The summed E-state index contributed by atoms with van der Waals surface area (Å²) >= 11 is 0. The molecule has 3 atom stereocenters. The Kier molecular flexibility index (Phi) is 5.00. The van der Waals surface area contributed by atoms with Gasteiger partial charge in [0.05, 0.1) is 14.2 Å². The largest absolute Gasteiger partial charge is 0.497 e. The minimum atomic E-state index is 0.865. The predicted octanol–water partition coefficient (Wildman–Crippen LogP) is 3.03. The zero-order chi connectivity index (χ0) is 17.2. The minimum Gasteiger partial charge on any atom is -0.497 e. The summed E-state index contributed by atoms with van der Waals surface area (Å²) in [5.74, 6) is 4.51. The first kappa shape index (κ1) is 16.9. The van der Waals surface area contributed by atoms with E-state index in [1.165, 1.54) is 38.0 Å². The van der Waals surface area contributed by atoms with Crippen molar-refractivity contribution in [1.82, 2.24) is 9.80 Å². The van der Waals surface area contributed by atoms with Crippen LogP contribution in [0.3, 0.4) is 0 Å². The maximum Gasteiger partial charge on any atom is 0.123 e. The van der Waals surface area contributed by atoms with E-state index in [0.717, 1.165) is 48.9 Å². The van der Waals surface area contributed by atoms with Gasteiger partial charge < -0.3 is 14.4 Å². The van der Waals surface area contributed by atoms with Crippen LogP contribution in [0.1, 0.15) is 18.4 Å². The summed E-state index contributed by atoms with van der Waals surface area (Å²) in [4.78, 5) is 5.22. The third-order valence-electron chi connectivity index (χ3n) is 6.26. The minimum absolute atomic E-state index is 0.865. The monoisotopic (exact) mass is 342 g/mol. The summed E-state index contributed by atoms with van der Waals surface area (Å²) in [5, 5.41) is 0. The van der Waals surface area contributed by atoms with E-state index in [-0.39, 0.29) is 0 Å². The molecule has 1 aromatic carbocycles. The molecule has 2 bridgehead atoms. The Labute approximate surface area is 151 Å². The van der Waals surface area contributed by atoms with Crippen molar-refractivity contribution in [3.05, 3.63) is 35.9 Å². The molecular formula is C21H30N2O2. The average Bonchev–Trinajstić information content (AvgIpc) is 3.26. The van der Waals surface area contributed by atoms with Crippen LogP contribution in [-0.4, -0.2) is 56.7 Å². The lowest BCUT2D eigenvalue weighted by molar-refractivity contribution is 0.108. The molecule has 1 heterocycles. The SMILES string of the molecule is COc1ccc(OC)c(CN2CCN(C[C@H]3C[C@@H]4C=C[C@@H]3C4)CC2)c1. The molecule has 3 aliphatic rings. The topological polar surface area (TPSA) is 24.9 Å². The summed E-state index contributed by atoms with van der Waals surface area (Å²) in [6.07, 6.45) is 7.76. The molecule has 0 spiro atoms. The summed E-state index contributed by atoms with van der Waals surface area (Å²) in [7, 11) is 3.46. The Balaban J connectivity index is 1.29. The van der Waals surface area contributed by atoms with E-state index in [2.05, 4.69) is 28.0 Å². The number of methoxy groups -OCH3 is 2. The van der Waals surface area contributed by atoms with Crippen molar-refractivity contribution >= 4 is 0 Å². The second kappa shape index (κ2) is 7.38. The number of benzene rings is 1. The lowest BCUT2D eigenvalue weighted by atomic mass is 9.93. The van der Waals surface area contributed by atoms with Crippen LogP contribution in [-0.2, 0) is 6.54 Å². The normalized spacial score (nSPS) is 29.3. The fourth-order valence-electron chi connectivity index (χ4n) is 4.81. The van der Waals surface area contributed by atoms with Crippen LogP contribution in [0.15, 0.2) is 30.4 Å². The first-order valence-electron chi connectivity index (χ1n) is 9.59. The summed E-state index contributed by atoms with van der Waals surface area (Å²) < 4.78 is 10.9. The Hall–Kier alpha value is -1.52. The van der Waals surface area contributed by atoms with Gasteiger partial charge in [0.1, 0.15) is 11.5 Å². The molecule has 4 nitrogen and oxygen atoms in total. The van der Waals surface area contributed by atoms with E-state index in [1.54, 1.807) is 14.2 Å². The van der Waals surface area contributed by atoms with E-state index >= 15 is 0 Å². The number of hydrogen-bond acceptors (Lipinski definition) is 4. The van der Waals surface area contributed by atoms with Gasteiger partial charge in [-0.3, -0.25) is 4.90 Å². The number of allylic oxidation sites excluding steroid dienone is 2. The number of hydrogen-bond donors (Lipinski definition) is 0. The zero-order valence-electron chi connectivity index (χ0n) is 15.5.